The average molecular weight is 381 g/mol. The Balaban J connectivity index is 3.08. The summed E-state index contributed by atoms with van der Waals surface area (Å²) in [6.45, 7) is 0. The summed E-state index contributed by atoms with van der Waals surface area (Å²) >= 11 is 0. The van der Waals surface area contributed by atoms with E-state index in [1.807, 2.05) is 0 Å². The molecule has 0 aliphatic rings. The normalized spacial score (nSPS) is 11.3. The first-order valence-electron chi connectivity index (χ1n) is 11.6. The third kappa shape index (κ3) is 24.9. The van der Waals surface area contributed by atoms with Gasteiger partial charge in [-0.25, -0.2) is 0 Å². The number of aliphatic carboxylic acids is 1. The van der Waals surface area contributed by atoms with Gasteiger partial charge in [0.2, 0.25) is 0 Å². The van der Waals surface area contributed by atoms with Crippen molar-refractivity contribution in [2.75, 3.05) is 0 Å². The number of aldehydes is 1. The van der Waals surface area contributed by atoms with Crippen molar-refractivity contribution in [1.82, 2.24) is 0 Å². The molecule has 0 saturated heterocycles. The summed E-state index contributed by atoms with van der Waals surface area (Å²) in [5, 5.41) is 8.57. The van der Waals surface area contributed by atoms with E-state index in [-0.39, 0.29) is 0 Å². The fourth-order valence-electron chi connectivity index (χ4n) is 3.39. The van der Waals surface area contributed by atoms with Crippen molar-refractivity contribution < 1.29 is 14.7 Å². The van der Waals surface area contributed by atoms with Crippen molar-refractivity contribution >= 4 is 12.3 Å². The Bertz CT molecular complexity index is 350. The zero-order chi connectivity index (χ0) is 19.8. The highest BCUT2D eigenvalue weighted by Gasteiger charge is 1.97. The molecule has 27 heavy (non-hydrogen) atoms. The predicted octanol–water partition coefficient (Wildman–Crippen LogP) is 7.63. The van der Waals surface area contributed by atoms with Gasteiger partial charge in [0, 0.05) is 12.8 Å². The molecule has 0 aromatic carbocycles. The van der Waals surface area contributed by atoms with Gasteiger partial charge in [-0.2, -0.15) is 0 Å². The number of carbonyl (C=O) groups excluding carboxylic acids is 1. The van der Waals surface area contributed by atoms with E-state index in [1.54, 1.807) is 0 Å². The molecule has 0 aromatic heterocycles. The summed E-state index contributed by atoms with van der Waals surface area (Å²) < 4.78 is 0. The third-order valence-electron chi connectivity index (χ3n) is 5.12. The number of rotatable bonds is 22. The van der Waals surface area contributed by atoms with Crippen molar-refractivity contribution in [2.45, 2.75) is 128 Å². The smallest absolute Gasteiger partial charge is 0.303 e. The molecular weight excluding hydrogens is 336 g/mol. The van der Waals surface area contributed by atoms with Gasteiger partial charge < -0.3 is 9.90 Å². The number of carbonyl (C=O) groups is 2. The third-order valence-corrected chi connectivity index (χ3v) is 5.12. The molecule has 158 valence electrons. The minimum atomic E-state index is -0.663. The van der Waals surface area contributed by atoms with Gasteiger partial charge in [-0.05, 0) is 38.5 Å². The van der Waals surface area contributed by atoms with Crippen LogP contribution in [0.25, 0.3) is 0 Å². The van der Waals surface area contributed by atoms with Gasteiger partial charge in [0.05, 0.1) is 0 Å². The second kappa shape index (κ2) is 22.9. The van der Waals surface area contributed by atoms with Gasteiger partial charge in [0.25, 0.3) is 0 Å². The Labute approximate surface area is 168 Å². The molecular formula is C24H44O3. The predicted molar refractivity (Wildman–Crippen MR) is 115 cm³/mol. The molecule has 0 amide bonds. The number of carboxylic acids is 1. The standard InChI is InChI=1S/C24H44O3/c25-23-21-19-17-15-13-11-9-7-5-3-1-2-4-6-8-10-12-14-16-18-20-22-24(26)27/h5,7,23H,1-4,6,8-22H2,(H,26,27). The summed E-state index contributed by atoms with van der Waals surface area (Å²) in [6.07, 6.45) is 29.2. The molecule has 0 aliphatic carbocycles. The fourth-order valence-corrected chi connectivity index (χ4v) is 3.39. The highest BCUT2D eigenvalue weighted by atomic mass is 16.4. The Morgan fingerprint density at radius 2 is 0.852 bits per heavy atom. The van der Waals surface area contributed by atoms with Crippen LogP contribution in [0.1, 0.15) is 128 Å². The quantitative estimate of drug-likeness (QED) is 0.119. The summed E-state index contributed by atoms with van der Waals surface area (Å²) in [6, 6.07) is 0. The lowest BCUT2D eigenvalue weighted by atomic mass is 10.0. The van der Waals surface area contributed by atoms with E-state index in [4.69, 9.17) is 5.11 Å². The van der Waals surface area contributed by atoms with Crippen molar-refractivity contribution in [1.29, 1.82) is 0 Å². The van der Waals surface area contributed by atoms with Crippen LogP contribution < -0.4 is 0 Å². The Hall–Kier alpha value is -1.12. The molecule has 0 rings (SSSR count). The van der Waals surface area contributed by atoms with Crippen LogP contribution in [0, 0.1) is 0 Å². The molecule has 0 unspecified atom stereocenters. The van der Waals surface area contributed by atoms with Gasteiger partial charge in [-0.3, -0.25) is 4.79 Å². The van der Waals surface area contributed by atoms with Crippen molar-refractivity contribution in [3.05, 3.63) is 12.2 Å². The fraction of sp³-hybridized carbons (Fsp3) is 0.833. The molecule has 3 nitrogen and oxygen atoms in total. The lowest BCUT2D eigenvalue weighted by molar-refractivity contribution is -0.137. The maximum Gasteiger partial charge on any atom is 0.303 e. The van der Waals surface area contributed by atoms with Gasteiger partial charge in [0.1, 0.15) is 6.29 Å². The molecule has 0 heterocycles. The van der Waals surface area contributed by atoms with Gasteiger partial charge in [-0.1, -0.05) is 89.2 Å². The van der Waals surface area contributed by atoms with Crippen molar-refractivity contribution in [2.24, 2.45) is 0 Å². The van der Waals surface area contributed by atoms with Crippen LogP contribution in [-0.2, 0) is 9.59 Å². The van der Waals surface area contributed by atoms with Crippen molar-refractivity contribution in [3.8, 4) is 0 Å². The molecule has 0 aliphatic heterocycles. The molecule has 0 spiro atoms. The Kier molecular flexibility index (Phi) is 22.0. The zero-order valence-electron chi connectivity index (χ0n) is 17.6. The van der Waals surface area contributed by atoms with E-state index in [0.717, 1.165) is 32.0 Å². The molecule has 0 fully saturated rings. The Morgan fingerprint density at radius 1 is 0.519 bits per heavy atom. The largest absolute Gasteiger partial charge is 0.481 e. The van der Waals surface area contributed by atoms with E-state index in [1.165, 1.54) is 96.3 Å². The maximum atomic E-state index is 10.4. The van der Waals surface area contributed by atoms with Gasteiger partial charge in [0.15, 0.2) is 0 Å². The summed E-state index contributed by atoms with van der Waals surface area (Å²) in [5.41, 5.74) is 0. The summed E-state index contributed by atoms with van der Waals surface area (Å²) in [5.74, 6) is -0.663. The second-order valence-electron chi connectivity index (χ2n) is 7.80. The van der Waals surface area contributed by atoms with Gasteiger partial charge >= 0.3 is 5.97 Å². The van der Waals surface area contributed by atoms with Crippen LogP contribution in [0.15, 0.2) is 12.2 Å². The summed E-state index contributed by atoms with van der Waals surface area (Å²) in [4.78, 5) is 20.6. The first-order valence-corrected chi connectivity index (χ1v) is 11.6. The van der Waals surface area contributed by atoms with Crippen LogP contribution in [0.2, 0.25) is 0 Å². The first kappa shape index (κ1) is 25.9. The molecule has 0 aromatic rings. The topological polar surface area (TPSA) is 54.4 Å². The second-order valence-corrected chi connectivity index (χ2v) is 7.80. The minimum Gasteiger partial charge on any atom is -0.481 e. The number of carboxylic acid groups (broad SMARTS) is 1. The Morgan fingerprint density at radius 3 is 1.22 bits per heavy atom. The molecule has 0 radical (unpaired) electrons. The lowest BCUT2D eigenvalue weighted by Gasteiger charge is -2.02. The van der Waals surface area contributed by atoms with Crippen LogP contribution in [-0.4, -0.2) is 17.4 Å². The highest BCUT2D eigenvalue weighted by Crippen LogP contribution is 2.13. The molecule has 1 N–H and O–H groups in total. The molecule has 3 heteroatoms. The maximum absolute atomic E-state index is 10.4. The number of hydrogen-bond donors (Lipinski definition) is 1. The van der Waals surface area contributed by atoms with Gasteiger partial charge in [-0.15, -0.1) is 0 Å². The summed E-state index contributed by atoms with van der Waals surface area (Å²) in [7, 11) is 0. The van der Waals surface area contributed by atoms with Crippen LogP contribution in [0.4, 0.5) is 0 Å². The van der Waals surface area contributed by atoms with E-state index in [9.17, 15) is 9.59 Å². The number of unbranched alkanes of at least 4 members (excludes halogenated alkanes) is 17. The molecule has 0 bridgehead atoms. The first-order chi connectivity index (χ1) is 13.3. The monoisotopic (exact) mass is 380 g/mol. The number of hydrogen-bond acceptors (Lipinski definition) is 2. The molecule has 0 atom stereocenters. The number of allylic oxidation sites excluding steroid dienone is 2. The molecule has 0 saturated carbocycles. The zero-order valence-corrected chi connectivity index (χ0v) is 17.6. The van der Waals surface area contributed by atoms with E-state index in [0.29, 0.717) is 6.42 Å². The van der Waals surface area contributed by atoms with E-state index in [2.05, 4.69) is 12.2 Å². The minimum absolute atomic E-state index is 0.332. The van der Waals surface area contributed by atoms with Crippen LogP contribution in [0.3, 0.4) is 0 Å². The lowest BCUT2D eigenvalue weighted by Crippen LogP contribution is -1.93. The SMILES string of the molecule is O=CCCCCCCCC=CCCCCCCCCCCCCCC(=O)O. The average Bonchev–Trinajstić information content (AvgIpc) is 2.65. The van der Waals surface area contributed by atoms with E-state index >= 15 is 0 Å². The van der Waals surface area contributed by atoms with Crippen LogP contribution >= 0.6 is 0 Å². The highest BCUT2D eigenvalue weighted by molar-refractivity contribution is 5.66. The van der Waals surface area contributed by atoms with E-state index < -0.39 is 5.97 Å². The van der Waals surface area contributed by atoms with Crippen molar-refractivity contribution in [3.63, 3.8) is 0 Å². The van der Waals surface area contributed by atoms with Crippen LogP contribution in [0.5, 0.6) is 0 Å².